The van der Waals surface area contributed by atoms with E-state index in [9.17, 15) is 0 Å². The normalized spacial score (nSPS) is 18.0. The Bertz CT molecular complexity index is 493. The van der Waals surface area contributed by atoms with E-state index in [1.54, 1.807) is 0 Å². The van der Waals surface area contributed by atoms with Crippen LogP contribution >= 0.6 is 0 Å². The number of rotatable bonds is 3. The zero-order valence-corrected chi connectivity index (χ0v) is 9.76. The van der Waals surface area contributed by atoms with Crippen molar-refractivity contribution in [2.45, 2.75) is 25.4 Å². The van der Waals surface area contributed by atoms with Gasteiger partial charge in [-0.05, 0) is 36.1 Å². The third kappa shape index (κ3) is 2.22. The molecule has 2 heteroatoms. The molecule has 0 saturated heterocycles. The van der Waals surface area contributed by atoms with Crippen LogP contribution in [0.25, 0.3) is 0 Å². The first-order valence-corrected chi connectivity index (χ1v) is 6.14. The summed E-state index contributed by atoms with van der Waals surface area (Å²) >= 11 is 0. The lowest BCUT2D eigenvalue weighted by Crippen LogP contribution is -2.19. The number of pyridine rings is 1. The summed E-state index contributed by atoms with van der Waals surface area (Å²) in [6.07, 6.45) is 4.24. The highest BCUT2D eigenvalue weighted by Gasteiger charge is 2.20. The van der Waals surface area contributed by atoms with Crippen molar-refractivity contribution >= 4 is 0 Å². The zero-order chi connectivity index (χ0) is 11.5. The molecule has 0 fully saturated rings. The molecular formula is C15H16N2. The molecule has 2 nitrogen and oxygen atoms in total. The fourth-order valence-corrected chi connectivity index (χ4v) is 2.50. The summed E-state index contributed by atoms with van der Waals surface area (Å²) in [5, 5.41) is 3.59. The predicted octanol–water partition coefficient (Wildman–Crippen LogP) is 2.86. The number of nitrogens with zero attached hydrogens (tertiary/aromatic N) is 1. The molecule has 0 amide bonds. The maximum absolute atomic E-state index is 4.33. The lowest BCUT2D eigenvalue weighted by atomic mass is 10.1. The molecule has 2 aromatic rings. The maximum Gasteiger partial charge on any atom is 0.0541 e. The van der Waals surface area contributed by atoms with Gasteiger partial charge in [-0.2, -0.15) is 0 Å². The second-order valence-corrected chi connectivity index (χ2v) is 4.49. The van der Waals surface area contributed by atoms with E-state index in [0.717, 1.165) is 12.2 Å². The van der Waals surface area contributed by atoms with Gasteiger partial charge in [0.2, 0.25) is 0 Å². The van der Waals surface area contributed by atoms with Gasteiger partial charge in [-0.15, -0.1) is 0 Å². The Hall–Kier alpha value is -1.67. The second-order valence-electron chi connectivity index (χ2n) is 4.49. The van der Waals surface area contributed by atoms with Crippen LogP contribution in [0.1, 0.15) is 29.3 Å². The number of aryl methyl sites for hydroxylation is 1. The minimum Gasteiger partial charge on any atom is -0.304 e. The van der Waals surface area contributed by atoms with E-state index in [2.05, 4.69) is 40.6 Å². The van der Waals surface area contributed by atoms with Gasteiger partial charge in [0.1, 0.15) is 0 Å². The Morgan fingerprint density at radius 1 is 1.12 bits per heavy atom. The van der Waals surface area contributed by atoms with E-state index in [1.165, 1.54) is 24.0 Å². The molecule has 1 heterocycles. The highest BCUT2D eigenvalue weighted by molar-refractivity contribution is 5.34. The Morgan fingerprint density at radius 3 is 2.88 bits per heavy atom. The summed E-state index contributed by atoms with van der Waals surface area (Å²) in [7, 11) is 0. The van der Waals surface area contributed by atoms with Gasteiger partial charge in [-0.1, -0.05) is 30.3 Å². The van der Waals surface area contributed by atoms with Crippen molar-refractivity contribution in [3.63, 3.8) is 0 Å². The molecule has 17 heavy (non-hydrogen) atoms. The summed E-state index contributed by atoms with van der Waals surface area (Å²) in [6.45, 7) is 0.847. The van der Waals surface area contributed by atoms with Crippen LogP contribution in [0.3, 0.4) is 0 Å². The smallest absolute Gasteiger partial charge is 0.0541 e. The van der Waals surface area contributed by atoms with Crippen molar-refractivity contribution in [3.8, 4) is 0 Å². The minimum absolute atomic E-state index is 0.494. The Balaban J connectivity index is 1.68. The molecule has 1 aliphatic carbocycles. The van der Waals surface area contributed by atoms with Crippen LogP contribution in [0.5, 0.6) is 0 Å². The van der Waals surface area contributed by atoms with Crippen molar-refractivity contribution in [1.29, 1.82) is 0 Å². The van der Waals surface area contributed by atoms with Crippen molar-refractivity contribution < 1.29 is 0 Å². The van der Waals surface area contributed by atoms with Crippen molar-refractivity contribution in [1.82, 2.24) is 10.3 Å². The molecular weight excluding hydrogens is 208 g/mol. The molecule has 86 valence electrons. The lowest BCUT2D eigenvalue weighted by molar-refractivity contribution is 0.525. The lowest BCUT2D eigenvalue weighted by Gasteiger charge is -2.13. The maximum atomic E-state index is 4.33. The number of hydrogen-bond acceptors (Lipinski definition) is 2. The largest absolute Gasteiger partial charge is 0.304 e. The summed E-state index contributed by atoms with van der Waals surface area (Å²) < 4.78 is 0. The average molecular weight is 224 g/mol. The SMILES string of the molecule is c1ccc(CNC2CCc3ccccc32)nc1. The first-order chi connectivity index (χ1) is 8.43. The monoisotopic (exact) mass is 224 g/mol. The van der Waals surface area contributed by atoms with Crippen molar-refractivity contribution in [2.75, 3.05) is 0 Å². The van der Waals surface area contributed by atoms with Gasteiger partial charge < -0.3 is 5.32 Å². The van der Waals surface area contributed by atoms with Gasteiger partial charge >= 0.3 is 0 Å². The predicted molar refractivity (Wildman–Crippen MR) is 68.6 cm³/mol. The summed E-state index contributed by atoms with van der Waals surface area (Å²) in [4.78, 5) is 4.33. The minimum atomic E-state index is 0.494. The topological polar surface area (TPSA) is 24.9 Å². The number of nitrogens with one attached hydrogen (secondary N) is 1. The summed E-state index contributed by atoms with van der Waals surface area (Å²) in [6, 6.07) is 15.3. The first-order valence-electron chi connectivity index (χ1n) is 6.14. The molecule has 0 bridgehead atoms. The van der Waals surface area contributed by atoms with Gasteiger partial charge in [-0.3, -0.25) is 4.98 Å². The number of aromatic nitrogens is 1. The first kappa shape index (κ1) is 10.5. The van der Waals surface area contributed by atoms with Crippen LogP contribution in [0.4, 0.5) is 0 Å². The van der Waals surface area contributed by atoms with E-state index in [-0.39, 0.29) is 0 Å². The highest BCUT2D eigenvalue weighted by Crippen LogP contribution is 2.30. The van der Waals surface area contributed by atoms with Crippen LogP contribution in [-0.4, -0.2) is 4.98 Å². The molecule has 0 spiro atoms. The number of benzene rings is 1. The van der Waals surface area contributed by atoms with Crippen molar-refractivity contribution in [2.24, 2.45) is 0 Å². The van der Waals surface area contributed by atoms with E-state index in [0.29, 0.717) is 6.04 Å². The molecule has 0 radical (unpaired) electrons. The van der Waals surface area contributed by atoms with E-state index in [4.69, 9.17) is 0 Å². The standard InChI is InChI=1S/C15H16N2/c1-2-7-14-12(5-1)8-9-15(14)17-11-13-6-3-4-10-16-13/h1-7,10,15,17H,8-9,11H2. The van der Waals surface area contributed by atoms with Gasteiger partial charge in [0.25, 0.3) is 0 Å². The molecule has 0 aliphatic heterocycles. The molecule has 3 rings (SSSR count). The van der Waals surface area contributed by atoms with Gasteiger partial charge in [0.05, 0.1) is 5.69 Å². The molecule has 1 aromatic carbocycles. The van der Waals surface area contributed by atoms with Crippen LogP contribution < -0.4 is 5.32 Å². The third-order valence-electron chi connectivity index (χ3n) is 3.39. The number of hydrogen-bond donors (Lipinski definition) is 1. The fourth-order valence-electron chi connectivity index (χ4n) is 2.50. The Morgan fingerprint density at radius 2 is 2.00 bits per heavy atom. The van der Waals surface area contributed by atoms with Gasteiger partial charge in [-0.25, -0.2) is 0 Å². The van der Waals surface area contributed by atoms with E-state index < -0.39 is 0 Å². The molecule has 1 aromatic heterocycles. The zero-order valence-electron chi connectivity index (χ0n) is 9.76. The van der Waals surface area contributed by atoms with E-state index in [1.807, 2.05) is 18.3 Å². The van der Waals surface area contributed by atoms with Gasteiger partial charge in [0.15, 0.2) is 0 Å². The second kappa shape index (κ2) is 4.68. The molecule has 1 aliphatic rings. The summed E-state index contributed by atoms with van der Waals surface area (Å²) in [5.74, 6) is 0. The average Bonchev–Trinajstić information content (AvgIpc) is 2.81. The highest BCUT2D eigenvalue weighted by atomic mass is 14.9. The summed E-state index contributed by atoms with van der Waals surface area (Å²) in [5.41, 5.74) is 4.06. The Kier molecular flexibility index (Phi) is 2.88. The van der Waals surface area contributed by atoms with Crippen LogP contribution in [0.2, 0.25) is 0 Å². The van der Waals surface area contributed by atoms with Crippen LogP contribution in [0, 0.1) is 0 Å². The van der Waals surface area contributed by atoms with Gasteiger partial charge in [0, 0.05) is 18.8 Å². The Labute approximate surface area is 102 Å². The molecule has 0 saturated carbocycles. The van der Waals surface area contributed by atoms with E-state index >= 15 is 0 Å². The van der Waals surface area contributed by atoms with Crippen LogP contribution in [0.15, 0.2) is 48.7 Å². The van der Waals surface area contributed by atoms with Crippen LogP contribution in [-0.2, 0) is 13.0 Å². The van der Waals surface area contributed by atoms with Crippen molar-refractivity contribution in [3.05, 3.63) is 65.5 Å². The molecule has 1 N–H and O–H groups in total. The quantitative estimate of drug-likeness (QED) is 0.867. The molecule has 1 unspecified atom stereocenters. The molecule has 1 atom stereocenters. The fraction of sp³-hybridized carbons (Fsp3) is 0.267. The third-order valence-corrected chi connectivity index (χ3v) is 3.39. The number of fused-ring (bicyclic) bond motifs is 1.